The van der Waals surface area contributed by atoms with Crippen molar-refractivity contribution < 1.29 is 0 Å². The fraction of sp³-hybridized carbons (Fsp3) is 0.333. The van der Waals surface area contributed by atoms with Crippen molar-refractivity contribution in [1.82, 2.24) is 14.5 Å². The molecule has 0 saturated heterocycles. The Balaban J connectivity index is 2.97. The number of aromatic nitrogens is 3. The molecule has 0 bridgehead atoms. The molecule has 0 atom stereocenters. The topological polar surface area (TPSA) is 71.6 Å². The van der Waals surface area contributed by atoms with Gasteiger partial charge < -0.3 is 0 Å². The van der Waals surface area contributed by atoms with Gasteiger partial charge in [0.05, 0.1) is 11.7 Å². The summed E-state index contributed by atoms with van der Waals surface area (Å²) in [5, 5.41) is 9.41. The Morgan fingerprint density at radius 1 is 1.41 bits per heavy atom. The molecule has 0 amide bonds. The van der Waals surface area contributed by atoms with Gasteiger partial charge in [0.15, 0.2) is 5.69 Å². The van der Waals surface area contributed by atoms with Crippen LogP contribution in [0.5, 0.6) is 0 Å². The summed E-state index contributed by atoms with van der Waals surface area (Å²) in [4.78, 5) is 20.4. The molecule has 2 heterocycles. The van der Waals surface area contributed by atoms with E-state index in [1.165, 1.54) is 12.5 Å². The van der Waals surface area contributed by atoms with Gasteiger partial charge in [-0.1, -0.05) is 0 Å². The second kappa shape index (κ2) is 3.98. The van der Waals surface area contributed by atoms with Gasteiger partial charge in [0.25, 0.3) is 5.56 Å². The van der Waals surface area contributed by atoms with Crippen molar-refractivity contribution in [3.8, 4) is 6.07 Å². The molecule has 0 saturated carbocycles. The molecule has 0 fully saturated rings. The van der Waals surface area contributed by atoms with Gasteiger partial charge in [0.1, 0.15) is 11.6 Å². The zero-order valence-corrected chi connectivity index (χ0v) is 9.93. The number of nitriles is 1. The average molecular weight is 228 g/mol. The van der Waals surface area contributed by atoms with Crippen LogP contribution in [0.2, 0.25) is 0 Å². The molecule has 5 heteroatoms. The summed E-state index contributed by atoms with van der Waals surface area (Å²) in [6, 6.07) is 1.99. The third-order valence-corrected chi connectivity index (χ3v) is 2.66. The van der Waals surface area contributed by atoms with Crippen molar-refractivity contribution in [3.05, 3.63) is 34.1 Å². The monoisotopic (exact) mass is 228 g/mol. The van der Waals surface area contributed by atoms with Gasteiger partial charge in [0, 0.05) is 12.2 Å². The van der Waals surface area contributed by atoms with Crippen molar-refractivity contribution in [2.24, 2.45) is 0 Å². The predicted molar refractivity (Wildman–Crippen MR) is 63.6 cm³/mol. The molecule has 86 valence electrons. The maximum absolute atomic E-state index is 12.2. The van der Waals surface area contributed by atoms with Gasteiger partial charge in [-0.15, -0.1) is 0 Å². The third kappa shape index (κ3) is 1.68. The van der Waals surface area contributed by atoms with Crippen molar-refractivity contribution >= 4 is 10.9 Å². The summed E-state index contributed by atoms with van der Waals surface area (Å²) in [7, 11) is 0. The molecule has 0 aromatic carbocycles. The van der Waals surface area contributed by atoms with E-state index in [1.807, 2.05) is 19.9 Å². The molecule has 0 aliphatic heterocycles. The maximum atomic E-state index is 12.2. The molecular weight excluding hydrogens is 216 g/mol. The second-order valence-corrected chi connectivity index (χ2v) is 4.18. The molecule has 0 aliphatic carbocycles. The van der Waals surface area contributed by atoms with Crippen molar-refractivity contribution in [2.75, 3.05) is 0 Å². The quantitative estimate of drug-likeness (QED) is 0.742. The molecule has 0 unspecified atom stereocenters. The van der Waals surface area contributed by atoms with Gasteiger partial charge in [-0.2, -0.15) is 5.26 Å². The first-order valence-corrected chi connectivity index (χ1v) is 5.32. The van der Waals surface area contributed by atoms with Crippen molar-refractivity contribution in [3.63, 3.8) is 0 Å². The van der Waals surface area contributed by atoms with E-state index < -0.39 is 0 Å². The van der Waals surface area contributed by atoms with Crippen LogP contribution in [-0.2, 0) is 0 Å². The van der Waals surface area contributed by atoms with Crippen LogP contribution in [0.25, 0.3) is 10.9 Å². The van der Waals surface area contributed by atoms with E-state index >= 15 is 0 Å². The van der Waals surface area contributed by atoms with Gasteiger partial charge in [0.2, 0.25) is 0 Å². The molecule has 0 radical (unpaired) electrons. The number of fused-ring (bicyclic) bond motifs is 1. The number of hydrogen-bond donors (Lipinski definition) is 0. The van der Waals surface area contributed by atoms with E-state index in [1.54, 1.807) is 11.5 Å². The molecule has 0 aliphatic rings. The van der Waals surface area contributed by atoms with E-state index in [-0.39, 0.29) is 17.3 Å². The summed E-state index contributed by atoms with van der Waals surface area (Å²) in [5.74, 6) is 0. The van der Waals surface area contributed by atoms with E-state index in [4.69, 9.17) is 5.26 Å². The minimum atomic E-state index is -0.124. The summed E-state index contributed by atoms with van der Waals surface area (Å²) in [6.07, 6.45) is 3.01. The zero-order chi connectivity index (χ0) is 12.6. The summed E-state index contributed by atoms with van der Waals surface area (Å²) in [5.41, 5.74) is 1.20. The van der Waals surface area contributed by atoms with Crippen LogP contribution < -0.4 is 5.56 Å². The van der Waals surface area contributed by atoms with Gasteiger partial charge in [-0.3, -0.25) is 9.36 Å². The Kier molecular flexibility index (Phi) is 2.64. The molecular formula is C12H12N4O. The van der Waals surface area contributed by atoms with E-state index in [9.17, 15) is 4.79 Å². The normalized spacial score (nSPS) is 10.8. The highest BCUT2D eigenvalue weighted by atomic mass is 16.1. The fourth-order valence-corrected chi connectivity index (χ4v) is 1.74. The van der Waals surface area contributed by atoms with Crippen LogP contribution >= 0.6 is 0 Å². The Bertz CT molecular complexity index is 679. The predicted octanol–water partition coefficient (Wildman–Crippen LogP) is 1.55. The largest absolute Gasteiger partial charge is 0.296 e. The molecule has 5 nitrogen and oxygen atoms in total. The first-order chi connectivity index (χ1) is 8.06. The van der Waals surface area contributed by atoms with Crippen LogP contribution in [0.15, 0.2) is 17.3 Å². The summed E-state index contributed by atoms with van der Waals surface area (Å²) in [6.45, 7) is 5.62. The first kappa shape index (κ1) is 11.3. The Morgan fingerprint density at radius 2 is 2.12 bits per heavy atom. The lowest BCUT2D eigenvalue weighted by molar-refractivity contribution is 0.573. The van der Waals surface area contributed by atoms with Crippen LogP contribution in [0, 0.1) is 18.3 Å². The number of hydrogen-bond acceptors (Lipinski definition) is 4. The number of aryl methyl sites for hydroxylation is 1. The summed E-state index contributed by atoms with van der Waals surface area (Å²) < 4.78 is 1.55. The molecule has 17 heavy (non-hydrogen) atoms. The molecule has 0 N–H and O–H groups in total. The van der Waals surface area contributed by atoms with Crippen molar-refractivity contribution in [1.29, 1.82) is 5.26 Å². The van der Waals surface area contributed by atoms with E-state index in [0.717, 1.165) is 5.56 Å². The third-order valence-electron chi connectivity index (χ3n) is 2.66. The average Bonchev–Trinajstić information content (AvgIpc) is 2.29. The minimum absolute atomic E-state index is 0.0394. The first-order valence-electron chi connectivity index (χ1n) is 5.32. The summed E-state index contributed by atoms with van der Waals surface area (Å²) >= 11 is 0. The number of rotatable bonds is 1. The van der Waals surface area contributed by atoms with Crippen LogP contribution in [0.1, 0.15) is 31.1 Å². The zero-order valence-electron chi connectivity index (χ0n) is 9.93. The Labute approximate surface area is 98.4 Å². The highest BCUT2D eigenvalue weighted by Crippen LogP contribution is 2.14. The van der Waals surface area contributed by atoms with Gasteiger partial charge in [-0.05, 0) is 26.3 Å². The lowest BCUT2D eigenvalue weighted by Gasteiger charge is -2.10. The molecule has 2 aromatic heterocycles. The smallest absolute Gasteiger partial charge is 0.261 e. The number of nitrogens with zero attached hydrogens (tertiary/aromatic N) is 4. The lowest BCUT2D eigenvalue weighted by atomic mass is 10.1. The van der Waals surface area contributed by atoms with Gasteiger partial charge >= 0.3 is 0 Å². The van der Waals surface area contributed by atoms with Crippen LogP contribution in [0.4, 0.5) is 0 Å². The van der Waals surface area contributed by atoms with E-state index in [0.29, 0.717) is 10.9 Å². The van der Waals surface area contributed by atoms with E-state index in [2.05, 4.69) is 9.97 Å². The minimum Gasteiger partial charge on any atom is -0.296 e. The second-order valence-electron chi connectivity index (χ2n) is 4.18. The Morgan fingerprint density at radius 3 is 2.71 bits per heavy atom. The molecule has 0 spiro atoms. The van der Waals surface area contributed by atoms with Gasteiger partial charge in [-0.25, -0.2) is 9.97 Å². The van der Waals surface area contributed by atoms with Crippen molar-refractivity contribution in [2.45, 2.75) is 26.8 Å². The fourth-order valence-electron chi connectivity index (χ4n) is 1.74. The Hall–Kier alpha value is -2.22. The highest BCUT2D eigenvalue weighted by Gasteiger charge is 2.12. The van der Waals surface area contributed by atoms with Crippen LogP contribution in [0.3, 0.4) is 0 Å². The number of pyridine rings is 1. The lowest BCUT2D eigenvalue weighted by Crippen LogP contribution is -2.23. The molecule has 2 rings (SSSR count). The SMILES string of the molecule is Cc1cnc(C#N)c2ncn(C(C)C)c(=O)c12. The molecule has 2 aromatic rings. The highest BCUT2D eigenvalue weighted by molar-refractivity contribution is 5.84. The van der Waals surface area contributed by atoms with Crippen LogP contribution in [-0.4, -0.2) is 14.5 Å². The maximum Gasteiger partial charge on any atom is 0.261 e. The standard InChI is InChI=1S/C12H12N4O/c1-7(2)16-6-15-11-9(4-13)14-5-8(3)10(11)12(16)17/h5-7H,1-3H3.